The average Bonchev–Trinajstić information content (AvgIpc) is 2.54. The molecule has 1 unspecified atom stereocenters. The van der Waals surface area contributed by atoms with Crippen LogP contribution in [-0.4, -0.2) is 5.97 Å². The van der Waals surface area contributed by atoms with Crippen LogP contribution in [0.25, 0.3) is 0 Å². The second-order valence-corrected chi connectivity index (χ2v) is 7.25. The third-order valence-electron chi connectivity index (χ3n) is 4.22. The molecule has 2 nitrogen and oxygen atoms in total. The van der Waals surface area contributed by atoms with E-state index in [2.05, 4.69) is 29.8 Å². The Morgan fingerprint density at radius 3 is 2.17 bits per heavy atom. The van der Waals surface area contributed by atoms with Gasteiger partial charge >= 0.3 is 5.97 Å². The predicted molar refractivity (Wildman–Crippen MR) is 97.7 cm³/mol. The van der Waals surface area contributed by atoms with Gasteiger partial charge in [-0.05, 0) is 61.6 Å². The Morgan fingerprint density at radius 2 is 1.65 bits per heavy atom. The molecule has 2 rings (SSSR count). The van der Waals surface area contributed by atoms with Crippen molar-refractivity contribution in [2.24, 2.45) is 0 Å². The fraction of sp³-hybridized carbons (Fsp3) is 0.350. The molecule has 0 N–H and O–H groups in total. The topological polar surface area (TPSA) is 26.3 Å². The van der Waals surface area contributed by atoms with Gasteiger partial charge in [-0.2, -0.15) is 0 Å². The van der Waals surface area contributed by atoms with Gasteiger partial charge in [0.05, 0.1) is 5.56 Å². The Bertz CT molecular complexity index is 657. The van der Waals surface area contributed by atoms with Crippen LogP contribution in [0, 0.1) is 0 Å². The lowest BCUT2D eigenvalue weighted by atomic mass is 9.97. The molecule has 0 aliphatic carbocycles. The predicted octanol–water partition coefficient (Wildman–Crippen LogP) is 6.05. The van der Waals surface area contributed by atoms with Crippen molar-refractivity contribution in [2.75, 3.05) is 0 Å². The van der Waals surface area contributed by atoms with Crippen LogP contribution in [0.3, 0.4) is 0 Å². The van der Waals surface area contributed by atoms with Crippen LogP contribution >= 0.6 is 15.9 Å². The Balaban J connectivity index is 2.12. The monoisotopic (exact) mass is 374 g/mol. The molecule has 0 aromatic heterocycles. The summed E-state index contributed by atoms with van der Waals surface area (Å²) in [7, 11) is 0. The summed E-state index contributed by atoms with van der Waals surface area (Å²) in [4.78, 5) is 12.4. The van der Waals surface area contributed by atoms with Gasteiger partial charge in [-0.15, -0.1) is 0 Å². The lowest BCUT2D eigenvalue weighted by Crippen LogP contribution is -2.25. The fourth-order valence-electron chi connectivity index (χ4n) is 2.38. The van der Waals surface area contributed by atoms with E-state index < -0.39 is 5.60 Å². The van der Waals surface area contributed by atoms with Crippen LogP contribution in [0.2, 0.25) is 0 Å². The third-order valence-corrected chi connectivity index (χ3v) is 4.74. The van der Waals surface area contributed by atoms with Crippen molar-refractivity contribution >= 4 is 21.9 Å². The number of carbonyl (C=O) groups excluding carboxylic acids is 1. The van der Waals surface area contributed by atoms with Crippen LogP contribution in [0.5, 0.6) is 0 Å². The van der Waals surface area contributed by atoms with Gasteiger partial charge in [0, 0.05) is 4.47 Å². The maximum atomic E-state index is 12.4. The number of esters is 1. The first-order chi connectivity index (χ1) is 10.8. The highest BCUT2D eigenvalue weighted by Gasteiger charge is 2.26. The SMILES string of the molecule is CCC(C)c1ccc(C(=O)OC(C)(C)c2ccc(Br)cc2)cc1. The van der Waals surface area contributed by atoms with Gasteiger partial charge in [0.2, 0.25) is 0 Å². The second-order valence-electron chi connectivity index (χ2n) is 6.34. The van der Waals surface area contributed by atoms with E-state index in [1.807, 2.05) is 62.4 Å². The first kappa shape index (κ1) is 17.7. The highest BCUT2D eigenvalue weighted by atomic mass is 79.9. The molecular weight excluding hydrogens is 352 g/mol. The standard InChI is InChI=1S/C20H23BrO2/c1-5-14(2)15-6-8-16(9-7-15)19(22)23-20(3,4)17-10-12-18(21)13-11-17/h6-14H,5H2,1-4H3. The third kappa shape index (κ3) is 4.44. The summed E-state index contributed by atoms with van der Waals surface area (Å²) in [6.45, 7) is 8.15. The van der Waals surface area contributed by atoms with Crippen molar-refractivity contribution in [3.63, 3.8) is 0 Å². The van der Waals surface area contributed by atoms with Gasteiger partial charge in [-0.25, -0.2) is 4.79 Å². The van der Waals surface area contributed by atoms with E-state index in [4.69, 9.17) is 4.74 Å². The van der Waals surface area contributed by atoms with Crippen molar-refractivity contribution in [2.45, 2.75) is 45.6 Å². The molecule has 0 bridgehead atoms. The Labute approximate surface area is 147 Å². The molecule has 122 valence electrons. The lowest BCUT2D eigenvalue weighted by Gasteiger charge is -2.26. The van der Waals surface area contributed by atoms with E-state index in [1.54, 1.807) is 0 Å². The van der Waals surface area contributed by atoms with Crippen molar-refractivity contribution < 1.29 is 9.53 Å². The van der Waals surface area contributed by atoms with E-state index in [-0.39, 0.29) is 5.97 Å². The van der Waals surface area contributed by atoms with Gasteiger partial charge in [-0.1, -0.05) is 54.0 Å². The molecule has 0 saturated carbocycles. The summed E-state index contributed by atoms with van der Waals surface area (Å²) in [5.41, 5.74) is 2.12. The summed E-state index contributed by atoms with van der Waals surface area (Å²) in [5, 5.41) is 0. The molecule has 0 amide bonds. The molecular formula is C20H23BrO2. The van der Waals surface area contributed by atoms with Gasteiger partial charge < -0.3 is 4.74 Å². The molecule has 0 spiro atoms. The molecule has 2 aromatic rings. The smallest absolute Gasteiger partial charge is 0.338 e. The Hall–Kier alpha value is -1.61. The summed E-state index contributed by atoms with van der Waals surface area (Å²) in [6, 6.07) is 15.5. The molecule has 0 radical (unpaired) electrons. The fourth-order valence-corrected chi connectivity index (χ4v) is 2.65. The second kappa shape index (κ2) is 7.31. The molecule has 0 heterocycles. The van der Waals surface area contributed by atoms with Crippen molar-refractivity contribution in [3.8, 4) is 0 Å². The van der Waals surface area contributed by atoms with E-state index in [0.717, 1.165) is 16.5 Å². The van der Waals surface area contributed by atoms with Crippen molar-refractivity contribution in [3.05, 3.63) is 69.7 Å². The zero-order valence-corrected chi connectivity index (χ0v) is 15.7. The number of benzene rings is 2. The number of carbonyl (C=O) groups is 1. The Kier molecular flexibility index (Phi) is 5.64. The normalized spacial score (nSPS) is 12.7. The highest BCUT2D eigenvalue weighted by molar-refractivity contribution is 9.10. The maximum Gasteiger partial charge on any atom is 0.338 e. The maximum absolute atomic E-state index is 12.4. The van der Waals surface area contributed by atoms with Crippen LogP contribution in [-0.2, 0) is 10.3 Å². The molecule has 23 heavy (non-hydrogen) atoms. The average molecular weight is 375 g/mol. The first-order valence-corrected chi connectivity index (χ1v) is 8.72. The number of hydrogen-bond donors (Lipinski definition) is 0. The Morgan fingerprint density at radius 1 is 1.09 bits per heavy atom. The highest BCUT2D eigenvalue weighted by Crippen LogP contribution is 2.27. The van der Waals surface area contributed by atoms with E-state index in [0.29, 0.717) is 11.5 Å². The van der Waals surface area contributed by atoms with Crippen LogP contribution in [0.4, 0.5) is 0 Å². The number of ether oxygens (including phenoxy) is 1. The molecule has 0 aliphatic heterocycles. The largest absolute Gasteiger partial charge is 0.451 e. The van der Waals surface area contributed by atoms with Gasteiger partial charge in [0.1, 0.15) is 5.60 Å². The van der Waals surface area contributed by atoms with E-state index in [1.165, 1.54) is 5.56 Å². The van der Waals surface area contributed by atoms with Crippen molar-refractivity contribution in [1.29, 1.82) is 0 Å². The molecule has 0 saturated heterocycles. The van der Waals surface area contributed by atoms with E-state index >= 15 is 0 Å². The van der Waals surface area contributed by atoms with Crippen LogP contribution in [0.1, 0.15) is 61.5 Å². The quantitative estimate of drug-likeness (QED) is 0.594. The van der Waals surface area contributed by atoms with Gasteiger partial charge in [0.25, 0.3) is 0 Å². The van der Waals surface area contributed by atoms with Gasteiger partial charge in [0.15, 0.2) is 0 Å². The first-order valence-electron chi connectivity index (χ1n) is 7.93. The zero-order chi connectivity index (χ0) is 17.0. The van der Waals surface area contributed by atoms with Crippen molar-refractivity contribution in [1.82, 2.24) is 0 Å². The molecule has 0 aliphatic rings. The molecule has 0 fully saturated rings. The minimum absolute atomic E-state index is 0.298. The number of rotatable bonds is 5. The summed E-state index contributed by atoms with van der Waals surface area (Å²) in [5.74, 6) is 0.202. The number of halogens is 1. The minimum Gasteiger partial charge on any atom is -0.451 e. The molecule has 2 aromatic carbocycles. The van der Waals surface area contributed by atoms with Crippen LogP contribution < -0.4 is 0 Å². The van der Waals surface area contributed by atoms with E-state index in [9.17, 15) is 4.79 Å². The summed E-state index contributed by atoms with van der Waals surface area (Å²) < 4.78 is 6.73. The molecule has 3 heteroatoms. The summed E-state index contributed by atoms with van der Waals surface area (Å²) in [6.07, 6.45) is 1.08. The minimum atomic E-state index is -0.673. The number of hydrogen-bond acceptors (Lipinski definition) is 2. The lowest BCUT2D eigenvalue weighted by molar-refractivity contribution is -0.00313. The van der Waals surface area contributed by atoms with Gasteiger partial charge in [-0.3, -0.25) is 0 Å². The zero-order valence-electron chi connectivity index (χ0n) is 14.1. The van der Waals surface area contributed by atoms with Crippen LogP contribution in [0.15, 0.2) is 53.0 Å². The summed E-state index contributed by atoms with van der Waals surface area (Å²) >= 11 is 3.42. The molecule has 1 atom stereocenters.